The molecule has 0 saturated heterocycles. The quantitative estimate of drug-likeness (QED) is 0.622. The largest absolute Gasteiger partial charge is 0.295 e. The van der Waals surface area contributed by atoms with Gasteiger partial charge in [0.05, 0.1) is 0 Å². The summed E-state index contributed by atoms with van der Waals surface area (Å²) in [7, 11) is 0. The Hall–Kier alpha value is 0.414. The van der Waals surface area contributed by atoms with Gasteiger partial charge in [0.1, 0.15) is 0 Å². The molecule has 1 aromatic rings. The predicted octanol–water partition coefficient (Wildman–Crippen LogP) is 2.22. The number of rotatable bonds is 0. The van der Waals surface area contributed by atoms with E-state index in [0.717, 1.165) is 16.3 Å². The molecule has 0 amide bonds. The third-order valence-corrected chi connectivity index (χ3v) is 1.65. The molecule has 1 heterocycles. The van der Waals surface area contributed by atoms with Crippen LogP contribution in [0.3, 0.4) is 0 Å². The summed E-state index contributed by atoms with van der Waals surface area (Å²) in [5.41, 5.74) is 1.71. The van der Waals surface area contributed by atoms with Crippen LogP contribution >= 0.6 is 11.6 Å². The van der Waals surface area contributed by atoms with Gasteiger partial charge in [-0.2, -0.15) is 5.56 Å². The first-order valence-electron chi connectivity index (χ1n) is 2.65. The van der Waals surface area contributed by atoms with Gasteiger partial charge in [0.2, 0.25) is 0 Å². The van der Waals surface area contributed by atoms with Gasteiger partial charge in [0.25, 0.3) is 0 Å². The van der Waals surface area contributed by atoms with Gasteiger partial charge in [-0.25, -0.2) is 6.92 Å². The summed E-state index contributed by atoms with van der Waals surface area (Å²) in [5.74, 6) is 0. The van der Waals surface area contributed by atoms with E-state index in [-0.39, 0.29) is 32.7 Å². The van der Waals surface area contributed by atoms with E-state index in [1.807, 2.05) is 6.92 Å². The molecule has 0 unspecified atom stereocenters. The van der Waals surface area contributed by atoms with Gasteiger partial charge < -0.3 is 0 Å². The molecule has 51 valence electrons. The fourth-order valence-corrected chi connectivity index (χ4v) is 0.718. The van der Waals surface area contributed by atoms with Gasteiger partial charge in [-0.1, -0.05) is 5.69 Å². The van der Waals surface area contributed by atoms with Crippen LogP contribution in [0.4, 0.5) is 0 Å². The average Bonchev–Trinajstić information content (AvgIpc) is 1.83. The standard InChI is InChI=1S/C7H7ClN.Y/c1-5-6(2)9-4-3-7(5)8;/h3-4H,2H2,1H3;/q-1;. The zero-order valence-electron chi connectivity index (χ0n) is 5.76. The summed E-state index contributed by atoms with van der Waals surface area (Å²) in [6.07, 6.45) is 1.65. The minimum absolute atomic E-state index is 0. The molecular weight excluding hydrogens is 222 g/mol. The van der Waals surface area contributed by atoms with Crippen LogP contribution in [0.5, 0.6) is 0 Å². The van der Waals surface area contributed by atoms with E-state index in [2.05, 4.69) is 11.9 Å². The van der Waals surface area contributed by atoms with E-state index in [0.29, 0.717) is 0 Å². The van der Waals surface area contributed by atoms with Gasteiger partial charge in [-0.15, -0.1) is 18.5 Å². The molecule has 1 aromatic heterocycles. The van der Waals surface area contributed by atoms with Crippen molar-refractivity contribution in [1.82, 2.24) is 4.98 Å². The number of aromatic nitrogens is 1. The van der Waals surface area contributed by atoms with Gasteiger partial charge in [-0.05, 0) is 11.1 Å². The molecule has 0 N–H and O–H groups in total. The number of hydrogen-bond donors (Lipinski definition) is 0. The second kappa shape index (κ2) is 4.32. The molecule has 1 rings (SSSR count). The number of halogens is 1. The Balaban J connectivity index is 0.000000810. The molecule has 0 saturated carbocycles. The molecular formula is C7H7ClNY-. The Morgan fingerprint density at radius 1 is 1.60 bits per heavy atom. The fraction of sp³-hybridized carbons (Fsp3) is 0.143. The smallest absolute Gasteiger partial charge is 0.0237 e. The van der Waals surface area contributed by atoms with Crippen molar-refractivity contribution in [2.75, 3.05) is 0 Å². The van der Waals surface area contributed by atoms with E-state index >= 15 is 0 Å². The summed E-state index contributed by atoms with van der Waals surface area (Å²) in [6, 6.07) is 1.76. The fourth-order valence-electron chi connectivity index (χ4n) is 0.552. The first kappa shape index (κ1) is 10.4. The number of hydrogen-bond acceptors (Lipinski definition) is 1. The summed E-state index contributed by atoms with van der Waals surface area (Å²) >= 11 is 5.73. The summed E-state index contributed by atoms with van der Waals surface area (Å²) in [5, 5.41) is 0.731. The van der Waals surface area contributed by atoms with E-state index in [4.69, 9.17) is 11.6 Å². The topological polar surface area (TPSA) is 12.9 Å². The molecule has 0 aliphatic heterocycles. The van der Waals surface area contributed by atoms with Crippen molar-refractivity contribution in [3.05, 3.63) is 35.5 Å². The molecule has 0 aliphatic rings. The Labute approximate surface area is 91.1 Å². The maximum Gasteiger partial charge on any atom is 0.0237 e. The van der Waals surface area contributed by atoms with E-state index < -0.39 is 0 Å². The first-order chi connectivity index (χ1) is 4.22. The Morgan fingerprint density at radius 2 is 2.20 bits per heavy atom. The molecule has 0 bridgehead atoms. The Morgan fingerprint density at radius 3 is 2.60 bits per heavy atom. The van der Waals surface area contributed by atoms with Crippen LogP contribution in [0.1, 0.15) is 11.3 Å². The molecule has 10 heavy (non-hydrogen) atoms. The third-order valence-electron chi connectivity index (χ3n) is 1.24. The normalized spacial score (nSPS) is 8.60. The van der Waals surface area contributed by atoms with E-state index in [1.165, 1.54) is 0 Å². The monoisotopic (exact) mass is 229 g/mol. The van der Waals surface area contributed by atoms with Crippen LogP contribution in [0.2, 0.25) is 5.02 Å². The van der Waals surface area contributed by atoms with Gasteiger partial charge in [0.15, 0.2) is 0 Å². The van der Waals surface area contributed by atoms with Crippen molar-refractivity contribution in [3.63, 3.8) is 0 Å². The summed E-state index contributed by atoms with van der Waals surface area (Å²) < 4.78 is 0. The summed E-state index contributed by atoms with van der Waals surface area (Å²) in [6.45, 7) is 5.59. The van der Waals surface area contributed by atoms with Gasteiger partial charge >= 0.3 is 0 Å². The maximum atomic E-state index is 5.73. The van der Waals surface area contributed by atoms with Crippen molar-refractivity contribution < 1.29 is 32.7 Å². The van der Waals surface area contributed by atoms with Crippen LogP contribution in [0, 0.1) is 13.8 Å². The van der Waals surface area contributed by atoms with Gasteiger partial charge in [-0.3, -0.25) is 4.98 Å². The van der Waals surface area contributed by atoms with Crippen molar-refractivity contribution in [3.8, 4) is 0 Å². The molecule has 0 fully saturated rings. The predicted molar refractivity (Wildman–Crippen MR) is 38.4 cm³/mol. The number of nitrogens with zero attached hydrogens (tertiary/aromatic N) is 1. The van der Waals surface area contributed by atoms with Crippen LogP contribution in [0.15, 0.2) is 12.3 Å². The Kier molecular flexibility index (Phi) is 4.50. The van der Waals surface area contributed by atoms with Crippen LogP contribution in [-0.4, -0.2) is 4.98 Å². The third kappa shape index (κ3) is 2.23. The van der Waals surface area contributed by atoms with Crippen molar-refractivity contribution in [2.45, 2.75) is 6.92 Å². The SMILES string of the molecule is [CH2-]c1nccc(Cl)c1C.[Y]. The van der Waals surface area contributed by atoms with Crippen molar-refractivity contribution >= 4 is 11.6 Å². The van der Waals surface area contributed by atoms with Crippen LogP contribution in [-0.2, 0) is 32.7 Å². The molecule has 1 nitrogen and oxygen atoms in total. The molecule has 3 heteroatoms. The summed E-state index contributed by atoms with van der Waals surface area (Å²) in [4.78, 5) is 3.94. The second-order valence-electron chi connectivity index (χ2n) is 1.86. The maximum absolute atomic E-state index is 5.73. The van der Waals surface area contributed by atoms with E-state index in [9.17, 15) is 0 Å². The zero-order valence-corrected chi connectivity index (χ0v) is 9.36. The van der Waals surface area contributed by atoms with Crippen LogP contribution < -0.4 is 0 Å². The first-order valence-corrected chi connectivity index (χ1v) is 3.02. The van der Waals surface area contributed by atoms with Gasteiger partial charge in [0, 0.05) is 38.9 Å². The molecule has 1 radical (unpaired) electrons. The van der Waals surface area contributed by atoms with E-state index in [1.54, 1.807) is 12.3 Å². The van der Waals surface area contributed by atoms with Crippen molar-refractivity contribution in [1.29, 1.82) is 0 Å². The van der Waals surface area contributed by atoms with Crippen LogP contribution in [0.25, 0.3) is 0 Å². The number of pyridine rings is 1. The average molecular weight is 229 g/mol. The zero-order chi connectivity index (χ0) is 6.85. The molecule has 0 atom stereocenters. The minimum Gasteiger partial charge on any atom is -0.295 e. The molecule has 0 spiro atoms. The molecule has 0 aromatic carbocycles. The second-order valence-corrected chi connectivity index (χ2v) is 2.27. The Bertz CT molecular complexity index is 205. The van der Waals surface area contributed by atoms with Crippen molar-refractivity contribution in [2.24, 2.45) is 0 Å². The minimum atomic E-state index is 0. The molecule has 0 aliphatic carbocycles.